The van der Waals surface area contributed by atoms with Gasteiger partial charge >= 0.3 is 0 Å². The molecule has 1 aromatic heterocycles. The van der Waals surface area contributed by atoms with Crippen molar-refractivity contribution in [2.45, 2.75) is 6.42 Å². The minimum atomic E-state index is -0.423. The molecule has 0 atom stereocenters. The van der Waals surface area contributed by atoms with E-state index in [0.29, 0.717) is 5.56 Å². The zero-order valence-corrected chi connectivity index (χ0v) is 5.17. The molecule has 1 rings (SSSR count). The van der Waals surface area contributed by atoms with Gasteiger partial charge in [0.05, 0.1) is 6.20 Å². The SMILES string of the molecule is O=[C]Cc1cncc(F)c1. The Morgan fingerprint density at radius 3 is 3.00 bits per heavy atom. The molecule has 10 heavy (non-hydrogen) atoms. The van der Waals surface area contributed by atoms with Crippen molar-refractivity contribution < 1.29 is 9.18 Å². The monoisotopic (exact) mass is 138 g/mol. The van der Waals surface area contributed by atoms with E-state index in [-0.39, 0.29) is 6.42 Å². The molecule has 0 N–H and O–H groups in total. The number of nitrogens with zero attached hydrogens (tertiary/aromatic N) is 1. The number of hydrogen-bond donors (Lipinski definition) is 0. The summed E-state index contributed by atoms with van der Waals surface area (Å²) >= 11 is 0. The van der Waals surface area contributed by atoms with Crippen molar-refractivity contribution in [3.63, 3.8) is 0 Å². The maximum absolute atomic E-state index is 12.3. The molecule has 3 heteroatoms. The van der Waals surface area contributed by atoms with Crippen molar-refractivity contribution in [2.24, 2.45) is 0 Å². The second kappa shape index (κ2) is 3.06. The van der Waals surface area contributed by atoms with Gasteiger partial charge in [-0.15, -0.1) is 0 Å². The van der Waals surface area contributed by atoms with Crippen molar-refractivity contribution in [3.05, 3.63) is 29.8 Å². The van der Waals surface area contributed by atoms with Crippen LogP contribution >= 0.6 is 0 Å². The zero-order chi connectivity index (χ0) is 7.40. The van der Waals surface area contributed by atoms with Crippen molar-refractivity contribution >= 4 is 6.29 Å². The Kier molecular flexibility index (Phi) is 2.10. The molecule has 0 fully saturated rings. The van der Waals surface area contributed by atoms with Crippen LogP contribution in [-0.2, 0) is 11.2 Å². The highest BCUT2D eigenvalue weighted by molar-refractivity contribution is 5.55. The van der Waals surface area contributed by atoms with E-state index >= 15 is 0 Å². The van der Waals surface area contributed by atoms with Gasteiger partial charge < -0.3 is 0 Å². The molecule has 0 spiro atoms. The number of pyridine rings is 1. The van der Waals surface area contributed by atoms with Crippen LogP contribution in [0.5, 0.6) is 0 Å². The van der Waals surface area contributed by atoms with Crippen molar-refractivity contribution in [1.82, 2.24) is 4.98 Å². The van der Waals surface area contributed by atoms with Crippen molar-refractivity contribution in [1.29, 1.82) is 0 Å². The van der Waals surface area contributed by atoms with Crippen LogP contribution in [-0.4, -0.2) is 11.3 Å². The van der Waals surface area contributed by atoms with Crippen LogP contribution in [0.3, 0.4) is 0 Å². The molecule has 0 saturated carbocycles. The first-order chi connectivity index (χ1) is 4.83. The van der Waals surface area contributed by atoms with Crippen LogP contribution < -0.4 is 0 Å². The van der Waals surface area contributed by atoms with E-state index in [1.54, 1.807) is 6.29 Å². The van der Waals surface area contributed by atoms with E-state index in [4.69, 9.17) is 0 Å². The van der Waals surface area contributed by atoms with Crippen LogP contribution in [0.1, 0.15) is 5.56 Å². The molecule has 51 valence electrons. The third-order valence-corrected chi connectivity index (χ3v) is 1.04. The van der Waals surface area contributed by atoms with Crippen molar-refractivity contribution in [3.8, 4) is 0 Å². The Morgan fingerprint density at radius 2 is 2.40 bits per heavy atom. The second-order valence-corrected chi connectivity index (χ2v) is 1.83. The van der Waals surface area contributed by atoms with Crippen LogP contribution in [0.15, 0.2) is 18.5 Å². The summed E-state index contributed by atoms with van der Waals surface area (Å²) in [5.74, 6) is -0.423. The molecule has 0 unspecified atom stereocenters. The fraction of sp³-hybridized carbons (Fsp3) is 0.143. The average molecular weight is 138 g/mol. The number of carbonyl (C=O) groups excluding carboxylic acids is 1. The predicted octanol–water partition coefficient (Wildman–Crippen LogP) is 0.873. The maximum Gasteiger partial charge on any atom is 0.203 e. The fourth-order valence-electron chi connectivity index (χ4n) is 0.636. The number of halogens is 1. The van der Waals surface area contributed by atoms with E-state index in [0.717, 1.165) is 6.20 Å². The van der Waals surface area contributed by atoms with Crippen LogP contribution in [0.2, 0.25) is 0 Å². The summed E-state index contributed by atoms with van der Waals surface area (Å²) in [7, 11) is 0. The van der Waals surface area contributed by atoms with Gasteiger partial charge in [0.25, 0.3) is 0 Å². The summed E-state index contributed by atoms with van der Waals surface area (Å²) in [5.41, 5.74) is 0.551. The lowest BCUT2D eigenvalue weighted by Crippen LogP contribution is -1.88. The minimum absolute atomic E-state index is 0.102. The Hall–Kier alpha value is -1.25. The first kappa shape index (κ1) is 6.86. The van der Waals surface area contributed by atoms with E-state index in [2.05, 4.69) is 4.98 Å². The quantitative estimate of drug-likeness (QED) is 0.607. The van der Waals surface area contributed by atoms with Crippen molar-refractivity contribution in [2.75, 3.05) is 0 Å². The van der Waals surface area contributed by atoms with E-state index < -0.39 is 5.82 Å². The van der Waals surface area contributed by atoms with Gasteiger partial charge in [-0.3, -0.25) is 9.78 Å². The van der Waals surface area contributed by atoms with Gasteiger partial charge in [0.2, 0.25) is 6.29 Å². The molecule has 1 aromatic rings. The molecular weight excluding hydrogens is 133 g/mol. The van der Waals surface area contributed by atoms with Gasteiger partial charge in [0.1, 0.15) is 5.82 Å². The first-order valence-corrected chi connectivity index (χ1v) is 2.77. The molecule has 0 aliphatic carbocycles. The van der Waals surface area contributed by atoms with Crippen LogP contribution in [0.25, 0.3) is 0 Å². The topological polar surface area (TPSA) is 30.0 Å². The van der Waals surface area contributed by atoms with E-state index in [1.165, 1.54) is 12.3 Å². The summed E-state index contributed by atoms with van der Waals surface area (Å²) in [6, 6.07) is 1.26. The number of hydrogen-bond acceptors (Lipinski definition) is 2. The highest BCUT2D eigenvalue weighted by atomic mass is 19.1. The van der Waals surface area contributed by atoms with Gasteiger partial charge in [-0.25, -0.2) is 4.39 Å². The smallest absolute Gasteiger partial charge is 0.203 e. The second-order valence-electron chi connectivity index (χ2n) is 1.83. The lowest BCUT2D eigenvalue weighted by Gasteiger charge is -1.90. The Balaban J connectivity index is 2.84. The molecule has 1 radical (unpaired) electrons. The van der Waals surface area contributed by atoms with Gasteiger partial charge in [-0.05, 0) is 11.6 Å². The van der Waals surface area contributed by atoms with Gasteiger partial charge in [0.15, 0.2) is 0 Å². The molecular formula is C7H5FNO. The van der Waals surface area contributed by atoms with Gasteiger partial charge in [-0.2, -0.15) is 0 Å². The third kappa shape index (κ3) is 1.62. The molecule has 0 bridgehead atoms. The summed E-state index contributed by atoms with van der Waals surface area (Å²) in [6.07, 6.45) is 4.29. The molecule has 0 amide bonds. The predicted molar refractivity (Wildman–Crippen MR) is 33.6 cm³/mol. The van der Waals surface area contributed by atoms with Crippen LogP contribution in [0.4, 0.5) is 4.39 Å². The Bertz CT molecular complexity index is 237. The molecule has 0 aromatic carbocycles. The summed E-state index contributed by atoms with van der Waals surface area (Å²) in [4.78, 5) is 13.4. The third-order valence-electron chi connectivity index (χ3n) is 1.04. The largest absolute Gasteiger partial charge is 0.291 e. The molecule has 1 heterocycles. The molecule has 0 aliphatic heterocycles. The first-order valence-electron chi connectivity index (χ1n) is 2.77. The van der Waals surface area contributed by atoms with Gasteiger partial charge in [0, 0.05) is 12.6 Å². The highest BCUT2D eigenvalue weighted by Gasteiger charge is 1.93. The lowest BCUT2D eigenvalue weighted by atomic mass is 10.2. The van der Waals surface area contributed by atoms with Gasteiger partial charge in [-0.1, -0.05) is 0 Å². The molecule has 0 saturated heterocycles. The Labute approximate surface area is 57.7 Å². The summed E-state index contributed by atoms with van der Waals surface area (Å²) in [5, 5.41) is 0. The number of rotatable bonds is 2. The molecule has 0 aliphatic rings. The standard InChI is InChI=1S/C7H5FNO/c8-7-3-6(1-2-10)4-9-5-7/h3-5H,1H2. The fourth-order valence-corrected chi connectivity index (χ4v) is 0.636. The molecule has 2 nitrogen and oxygen atoms in total. The normalized spacial score (nSPS) is 9.30. The zero-order valence-electron chi connectivity index (χ0n) is 5.17. The minimum Gasteiger partial charge on any atom is -0.291 e. The number of aromatic nitrogens is 1. The van der Waals surface area contributed by atoms with E-state index in [9.17, 15) is 9.18 Å². The average Bonchev–Trinajstić information content (AvgIpc) is 1.88. The summed E-state index contributed by atoms with van der Waals surface area (Å²) < 4.78 is 12.3. The highest BCUT2D eigenvalue weighted by Crippen LogP contribution is 1.99. The maximum atomic E-state index is 12.3. The van der Waals surface area contributed by atoms with E-state index in [1.807, 2.05) is 0 Å². The Morgan fingerprint density at radius 1 is 1.60 bits per heavy atom. The summed E-state index contributed by atoms with van der Waals surface area (Å²) in [6.45, 7) is 0. The lowest BCUT2D eigenvalue weighted by molar-refractivity contribution is 0.554. The van der Waals surface area contributed by atoms with Crippen LogP contribution in [0, 0.1) is 5.82 Å².